The summed E-state index contributed by atoms with van der Waals surface area (Å²) in [6, 6.07) is 12.8. The second kappa shape index (κ2) is 5.53. The van der Waals surface area contributed by atoms with Gasteiger partial charge in [-0.2, -0.15) is 0 Å². The number of carbonyl (C=O) groups excluding carboxylic acids is 1. The van der Waals surface area contributed by atoms with Crippen molar-refractivity contribution in [2.75, 3.05) is 11.4 Å². The SMILES string of the molecule is Cc1ccccc1-c1nc(-c2cc3c4c(c2)CC(=O)N4CCC3)cs1. The van der Waals surface area contributed by atoms with Crippen LogP contribution in [-0.2, 0) is 17.6 Å². The van der Waals surface area contributed by atoms with Gasteiger partial charge in [-0.1, -0.05) is 24.3 Å². The van der Waals surface area contributed by atoms with Crippen LogP contribution in [0.15, 0.2) is 41.8 Å². The van der Waals surface area contributed by atoms with Crippen molar-refractivity contribution in [3.63, 3.8) is 0 Å². The molecule has 3 heterocycles. The van der Waals surface area contributed by atoms with Gasteiger partial charge in [0.05, 0.1) is 17.8 Å². The first-order chi connectivity index (χ1) is 12.2. The summed E-state index contributed by atoms with van der Waals surface area (Å²) in [6.07, 6.45) is 2.63. The molecule has 1 amide bonds. The molecule has 2 aliphatic rings. The normalized spacial score (nSPS) is 15.6. The van der Waals surface area contributed by atoms with Gasteiger partial charge in [0.25, 0.3) is 0 Å². The van der Waals surface area contributed by atoms with E-state index < -0.39 is 0 Å². The molecule has 1 aromatic heterocycles. The molecule has 4 heteroatoms. The van der Waals surface area contributed by atoms with E-state index in [4.69, 9.17) is 4.98 Å². The van der Waals surface area contributed by atoms with Gasteiger partial charge >= 0.3 is 0 Å². The zero-order chi connectivity index (χ0) is 17.0. The molecule has 5 rings (SSSR count). The van der Waals surface area contributed by atoms with Gasteiger partial charge in [-0.15, -0.1) is 11.3 Å². The Bertz CT molecular complexity index is 1000. The summed E-state index contributed by atoms with van der Waals surface area (Å²) < 4.78 is 0. The fourth-order valence-electron chi connectivity index (χ4n) is 3.97. The maximum Gasteiger partial charge on any atom is 0.231 e. The van der Waals surface area contributed by atoms with Crippen LogP contribution in [-0.4, -0.2) is 17.4 Å². The predicted molar refractivity (Wildman–Crippen MR) is 102 cm³/mol. The number of thiazole rings is 1. The van der Waals surface area contributed by atoms with Crippen LogP contribution < -0.4 is 4.90 Å². The number of nitrogens with zero attached hydrogens (tertiary/aromatic N) is 2. The largest absolute Gasteiger partial charge is 0.312 e. The second-order valence-electron chi connectivity index (χ2n) is 6.82. The van der Waals surface area contributed by atoms with Gasteiger partial charge in [0.2, 0.25) is 5.91 Å². The van der Waals surface area contributed by atoms with Crippen LogP contribution in [0.1, 0.15) is 23.1 Å². The summed E-state index contributed by atoms with van der Waals surface area (Å²) >= 11 is 1.68. The van der Waals surface area contributed by atoms with Crippen molar-refractivity contribution in [2.24, 2.45) is 0 Å². The first-order valence-corrected chi connectivity index (χ1v) is 9.57. The van der Waals surface area contributed by atoms with Gasteiger partial charge < -0.3 is 4.90 Å². The molecule has 0 atom stereocenters. The Morgan fingerprint density at radius 2 is 2.00 bits per heavy atom. The highest BCUT2D eigenvalue weighted by molar-refractivity contribution is 7.13. The number of aromatic nitrogens is 1. The van der Waals surface area contributed by atoms with Crippen LogP contribution in [0.5, 0.6) is 0 Å². The Hall–Kier alpha value is -2.46. The van der Waals surface area contributed by atoms with E-state index in [1.165, 1.54) is 27.9 Å². The zero-order valence-corrected chi connectivity index (χ0v) is 14.9. The van der Waals surface area contributed by atoms with Gasteiger partial charge in [0, 0.05) is 23.1 Å². The van der Waals surface area contributed by atoms with E-state index in [2.05, 4.69) is 48.7 Å². The fourth-order valence-corrected chi connectivity index (χ4v) is 4.89. The van der Waals surface area contributed by atoms with E-state index in [0.29, 0.717) is 6.42 Å². The maximum absolute atomic E-state index is 12.2. The number of rotatable bonds is 2. The number of hydrogen-bond acceptors (Lipinski definition) is 3. The number of aryl methyl sites for hydroxylation is 2. The average molecular weight is 346 g/mol. The van der Waals surface area contributed by atoms with Crippen molar-refractivity contribution < 1.29 is 4.79 Å². The van der Waals surface area contributed by atoms with Gasteiger partial charge in [0.1, 0.15) is 5.01 Å². The lowest BCUT2D eigenvalue weighted by molar-refractivity contribution is -0.117. The number of hydrogen-bond donors (Lipinski definition) is 0. The third-order valence-electron chi connectivity index (χ3n) is 5.18. The first kappa shape index (κ1) is 14.8. The Morgan fingerprint density at radius 1 is 1.16 bits per heavy atom. The highest BCUT2D eigenvalue weighted by Crippen LogP contribution is 2.40. The molecule has 0 unspecified atom stereocenters. The van der Waals surface area contributed by atoms with E-state index in [1.807, 2.05) is 4.90 Å². The van der Waals surface area contributed by atoms with Crippen LogP contribution in [0.2, 0.25) is 0 Å². The highest BCUT2D eigenvalue weighted by Gasteiger charge is 2.32. The molecular formula is C21H18N2OS. The summed E-state index contributed by atoms with van der Waals surface area (Å²) in [5, 5.41) is 3.19. The molecule has 2 aromatic carbocycles. The lowest BCUT2D eigenvalue weighted by Gasteiger charge is -2.25. The average Bonchev–Trinajstić information content (AvgIpc) is 3.22. The third kappa shape index (κ3) is 2.32. The van der Waals surface area contributed by atoms with E-state index in [-0.39, 0.29) is 5.91 Å². The van der Waals surface area contributed by atoms with Crippen molar-refractivity contribution in [1.29, 1.82) is 0 Å². The zero-order valence-electron chi connectivity index (χ0n) is 14.1. The minimum Gasteiger partial charge on any atom is -0.312 e. The monoisotopic (exact) mass is 346 g/mol. The number of carbonyl (C=O) groups is 1. The molecule has 0 radical (unpaired) electrons. The topological polar surface area (TPSA) is 33.2 Å². The lowest BCUT2D eigenvalue weighted by Crippen LogP contribution is -2.31. The third-order valence-corrected chi connectivity index (χ3v) is 6.06. The second-order valence-corrected chi connectivity index (χ2v) is 7.68. The molecule has 0 saturated carbocycles. The van der Waals surface area contributed by atoms with E-state index >= 15 is 0 Å². The van der Waals surface area contributed by atoms with E-state index in [0.717, 1.165) is 35.7 Å². The molecule has 0 fully saturated rings. The molecule has 124 valence electrons. The summed E-state index contributed by atoms with van der Waals surface area (Å²) in [4.78, 5) is 19.1. The van der Waals surface area contributed by atoms with Gasteiger partial charge in [-0.05, 0) is 48.6 Å². The standard InChI is InChI=1S/C21H18N2OS/c1-13-5-2-3-7-17(13)21-22-18(12-25-21)15-9-14-6-4-8-23-19(24)11-16(10-15)20(14)23/h2-3,5,7,9-10,12H,4,6,8,11H2,1H3. The summed E-state index contributed by atoms with van der Waals surface area (Å²) in [7, 11) is 0. The van der Waals surface area contributed by atoms with E-state index in [1.54, 1.807) is 11.3 Å². The maximum atomic E-state index is 12.2. The molecule has 0 bridgehead atoms. The smallest absolute Gasteiger partial charge is 0.231 e. The van der Waals surface area contributed by atoms with Crippen LogP contribution >= 0.6 is 11.3 Å². The Kier molecular flexibility index (Phi) is 3.28. The van der Waals surface area contributed by atoms with Crippen molar-refractivity contribution >= 4 is 22.9 Å². The summed E-state index contributed by atoms with van der Waals surface area (Å²) in [6.45, 7) is 2.99. The number of benzene rings is 2. The van der Waals surface area contributed by atoms with Crippen molar-refractivity contribution in [3.8, 4) is 21.8 Å². The molecule has 3 aromatic rings. The molecule has 0 saturated heterocycles. The van der Waals surface area contributed by atoms with Crippen LogP contribution in [0.25, 0.3) is 21.8 Å². The number of anilines is 1. The lowest BCUT2D eigenvalue weighted by atomic mass is 9.96. The molecule has 25 heavy (non-hydrogen) atoms. The van der Waals surface area contributed by atoms with Crippen molar-refractivity contribution in [3.05, 3.63) is 58.5 Å². The first-order valence-electron chi connectivity index (χ1n) is 8.69. The molecule has 0 N–H and O–H groups in total. The molecule has 2 aliphatic heterocycles. The molecule has 0 aliphatic carbocycles. The van der Waals surface area contributed by atoms with Gasteiger partial charge in [-0.3, -0.25) is 4.79 Å². The Balaban J connectivity index is 1.59. The van der Waals surface area contributed by atoms with Crippen LogP contribution in [0.4, 0.5) is 5.69 Å². The minimum atomic E-state index is 0.243. The predicted octanol–water partition coefficient (Wildman–Crippen LogP) is 4.62. The van der Waals surface area contributed by atoms with Gasteiger partial charge in [0.15, 0.2) is 0 Å². The Morgan fingerprint density at radius 3 is 2.88 bits per heavy atom. The van der Waals surface area contributed by atoms with Crippen LogP contribution in [0, 0.1) is 6.92 Å². The minimum absolute atomic E-state index is 0.243. The van der Waals surface area contributed by atoms with Gasteiger partial charge in [-0.25, -0.2) is 4.98 Å². The number of amides is 1. The van der Waals surface area contributed by atoms with E-state index in [9.17, 15) is 4.79 Å². The van der Waals surface area contributed by atoms with Crippen molar-refractivity contribution in [2.45, 2.75) is 26.2 Å². The highest BCUT2D eigenvalue weighted by atomic mass is 32.1. The molecule has 3 nitrogen and oxygen atoms in total. The quantitative estimate of drug-likeness (QED) is 0.678. The van der Waals surface area contributed by atoms with Crippen LogP contribution in [0.3, 0.4) is 0 Å². The Labute approximate surface area is 151 Å². The molecule has 0 spiro atoms. The molecular weight excluding hydrogens is 328 g/mol. The summed E-state index contributed by atoms with van der Waals surface area (Å²) in [5.41, 5.74) is 8.24. The van der Waals surface area contributed by atoms with Crippen molar-refractivity contribution in [1.82, 2.24) is 4.98 Å². The summed E-state index contributed by atoms with van der Waals surface area (Å²) in [5.74, 6) is 0.243. The fraction of sp³-hybridized carbons (Fsp3) is 0.238.